The van der Waals surface area contributed by atoms with Crippen molar-refractivity contribution in [1.29, 1.82) is 0 Å². The molecule has 3 aromatic heterocycles. The van der Waals surface area contributed by atoms with Crippen molar-refractivity contribution < 1.29 is 0 Å². The summed E-state index contributed by atoms with van der Waals surface area (Å²) in [6.45, 7) is 11.6. The SMILES string of the molecule is CCCCCCC(CCCC)CC1(c2ccc(CCCC)s2)c2cc(C)sc2-c2sc(C)cc21. The number of rotatable bonds is 14. The molecule has 1 unspecified atom stereocenters. The summed E-state index contributed by atoms with van der Waals surface area (Å²) in [4.78, 5) is 9.30. The van der Waals surface area contributed by atoms with Crippen molar-refractivity contribution in [1.82, 2.24) is 0 Å². The summed E-state index contributed by atoms with van der Waals surface area (Å²) in [5.41, 5.74) is 3.34. The van der Waals surface area contributed by atoms with Crippen molar-refractivity contribution in [3.63, 3.8) is 0 Å². The van der Waals surface area contributed by atoms with Crippen molar-refractivity contribution in [2.24, 2.45) is 5.92 Å². The molecule has 0 amide bonds. The lowest BCUT2D eigenvalue weighted by atomic mass is 9.69. The summed E-state index contributed by atoms with van der Waals surface area (Å²) >= 11 is 6.19. The third-order valence-corrected chi connectivity index (χ3v) is 11.3. The summed E-state index contributed by atoms with van der Waals surface area (Å²) in [6.07, 6.45) is 16.1. The molecule has 0 saturated heterocycles. The fourth-order valence-corrected chi connectivity index (χ4v) is 9.58. The molecule has 1 aliphatic carbocycles. The fourth-order valence-electron chi connectivity index (χ4n) is 5.96. The van der Waals surface area contributed by atoms with Gasteiger partial charge in [0.1, 0.15) is 0 Å². The Hall–Kier alpha value is -0.900. The molecule has 0 bridgehead atoms. The van der Waals surface area contributed by atoms with Gasteiger partial charge in [-0.1, -0.05) is 78.6 Å². The van der Waals surface area contributed by atoms with Gasteiger partial charge in [0.2, 0.25) is 0 Å². The maximum atomic E-state index is 2.56. The van der Waals surface area contributed by atoms with Crippen LogP contribution in [-0.2, 0) is 11.8 Å². The number of unbranched alkanes of at least 4 members (excludes halogenated alkanes) is 5. The van der Waals surface area contributed by atoms with Gasteiger partial charge in [-0.15, -0.1) is 34.0 Å². The Labute approximate surface area is 220 Å². The number of aryl methyl sites for hydroxylation is 3. The van der Waals surface area contributed by atoms with Crippen LogP contribution in [-0.4, -0.2) is 0 Å². The molecular weight excluding hydrogens is 469 g/mol. The Kier molecular flexibility index (Phi) is 9.15. The lowest BCUT2D eigenvalue weighted by Crippen LogP contribution is -2.29. The lowest BCUT2D eigenvalue weighted by Gasteiger charge is -2.34. The topological polar surface area (TPSA) is 0 Å². The zero-order chi connectivity index (χ0) is 24.1. The van der Waals surface area contributed by atoms with Crippen LogP contribution in [0.25, 0.3) is 9.75 Å². The third kappa shape index (κ3) is 5.27. The molecule has 0 nitrogen and oxygen atoms in total. The first kappa shape index (κ1) is 26.2. The summed E-state index contributed by atoms with van der Waals surface area (Å²) in [5, 5.41) is 0. The minimum Gasteiger partial charge on any atom is -0.144 e. The van der Waals surface area contributed by atoms with Gasteiger partial charge in [-0.2, -0.15) is 0 Å². The van der Waals surface area contributed by atoms with Gasteiger partial charge in [0.05, 0.1) is 5.41 Å². The summed E-state index contributed by atoms with van der Waals surface area (Å²) in [6, 6.07) is 10.1. The second kappa shape index (κ2) is 11.9. The molecule has 1 atom stereocenters. The monoisotopic (exact) mass is 512 g/mol. The highest BCUT2D eigenvalue weighted by Crippen LogP contribution is 2.61. The molecule has 0 aliphatic heterocycles. The second-order valence-electron chi connectivity index (χ2n) is 10.5. The highest BCUT2D eigenvalue weighted by Gasteiger charge is 2.48. The summed E-state index contributed by atoms with van der Waals surface area (Å²) in [7, 11) is 0. The van der Waals surface area contributed by atoms with Crippen LogP contribution in [0.15, 0.2) is 24.3 Å². The molecule has 3 heterocycles. The van der Waals surface area contributed by atoms with Crippen LogP contribution in [0, 0.1) is 19.8 Å². The van der Waals surface area contributed by atoms with E-state index in [1.54, 1.807) is 30.6 Å². The normalized spacial score (nSPS) is 15.0. The molecule has 0 spiro atoms. The smallest absolute Gasteiger partial charge is 0.0577 e. The third-order valence-electron chi connectivity index (χ3n) is 7.72. The summed E-state index contributed by atoms with van der Waals surface area (Å²) < 4.78 is 0. The van der Waals surface area contributed by atoms with Crippen LogP contribution < -0.4 is 0 Å². The molecule has 0 saturated carbocycles. The zero-order valence-corrected chi connectivity index (χ0v) is 24.5. The van der Waals surface area contributed by atoms with Gasteiger partial charge in [0.15, 0.2) is 0 Å². The van der Waals surface area contributed by atoms with E-state index >= 15 is 0 Å². The minimum atomic E-state index is 0.0679. The Morgan fingerprint density at radius 3 is 1.94 bits per heavy atom. The quantitative estimate of drug-likeness (QED) is 0.188. The van der Waals surface area contributed by atoms with Crippen molar-refractivity contribution >= 4 is 34.0 Å². The van der Waals surface area contributed by atoms with Crippen LogP contribution in [0.3, 0.4) is 0 Å². The van der Waals surface area contributed by atoms with Crippen LogP contribution in [0.2, 0.25) is 0 Å². The van der Waals surface area contributed by atoms with Gasteiger partial charge in [0, 0.05) is 29.3 Å². The van der Waals surface area contributed by atoms with E-state index < -0.39 is 0 Å². The van der Waals surface area contributed by atoms with Gasteiger partial charge in [-0.25, -0.2) is 0 Å². The van der Waals surface area contributed by atoms with Crippen molar-refractivity contribution in [3.05, 3.63) is 54.9 Å². The van der Waals surface area contributed by atoms with Crippen LogP contribution in [0.4, 0.5) is 0 Å². The van der Waals surface area contributed by atoms with Crippen molar-refractivity contribution in [2.75, 3.05) is 0 Å². The molecule has 3 heteroatoms. The van der Waals surface area contributed by atoms with E-state index in [0.29, 0.717) is 0 Å². The molecule has 1 aliphatic rings. The van der Waals surface area contributed by atoms with E-state index in [4.69, 9.17) is 0 Å². The average Bonchev–Trinajstić information content (AvgIpc) is 3.58. The number of fused-ring (bicyclic) bond motifs is 3. The molecule has 34 heavy (non-hydrogen) atoms. The molecule has 0 aromatic carbocycles. The second-order valence-corrected chi connectivity index (χ2v) is 14.2. The van der Waals surface area contributed by atoms with Gasteiger partial charge in [-0.05, 0) is 74.4 Å². The Morgan fingerprint density at radius 1 is 0.706 bits per heavy atom. The molecule has 0 fully saturated rings. The Morgan fingerprint density at radius 2 is 1.32 bits per heavy atom. The predicted molar refractivity (Wildman–Crippen MR) is 156 cm³/mol. The van der Waals surface area contributed by atoms with E-state index in [-0.39, 0.29) is 5.41 Å². The zero-order valence-electron chi connectivity index (χ0n) is 22.1. The van der Waals surface area contributed by atoms with E-state index in [9.17, 15) is 0 Å². The predicted octanol–water partition coefficient (Wildman–Crippen LogP) is 11.3. The number of hydrogen-bond donors (Lipinski definition) is 0. The molecule has 186 valence electrons. The Balaban J connectivity index is 1.78. The standard InChI is InChI=1S/C31H44S3/c1-6-9-12-13-15-24(14-10-7-2)21-31(28-18-17-25(34-28)16-11-8-3)26-19-22(4)32-29(26)30-27(31)20-23(5)33-30/h17-20,24H,6-16,21H2,1-5H3. The maximum Gasteiger partial charge on any atom is 0.0577 e. The highest BCUT2D eigenvalue weighted by molar-refractivity contribution is 7.22. The lowest BCUT2D eigenvalue weighted by molar-refractivity contribution is 0.342. The first-order valence-electron chi connectivity index (χ1n) is 13.8. The van der Waals surface area contributed by atoms with Crippen molar-refractivity contribution in [2.45, 2.75) is 117 Å². The molecular formula is C31H44S3. The summed E-state index contributed by atoms with van der Waals surface area (Å²) in [5.74, 6) is 0.803. The first-order valence-corrected chi connectivity index (χ1v) is 16.3. The minimum absolute atomic E-state index is 0.0679. The van der Waals surface area contributed by atoms with E-state index in [2.05, 4.69) is 70.2 Å². The van der Waals surface area contributed by atoms with Gasteiger partial charge < -0.3 is 0 Å². The maximum absolute atomic E-state index is 2.56. The van der Waals surface area contributed by atoms with Gasteiger partial charge in [-0.3, -0.25) is 0 Å². The van der Waals surface area contributed by atoms with E-state index in [0.717, 1.165) is 5.92 Å². The molecule has 4 rings (SSSR count). The molecule has 0 radical (unpaired) electrons. The van der Waals surface area contributed by atoms with Gasteiger partial charge >= 0.3 is 0 Å². The highest BCUT2D eigenvalue weighted by atomic mass is 32.1. The fraction of sp³-hybridized carbons (Fsp3) is 0.613. The van der Waals surface area contributed by atoms with E-state index in [1.807, 2.05) is 22.7 Å². The molecule has 0 N–H and O–H groups in total. The molecule has 3 aromatic rings. The largest absolute Gasteiger partial charge is 0.144 e. The first-order chi connectivity index (χ1) is 16.5. The number of thiophene rings is 3. The van der Waals surface area contributed by atoms with Gasteiger partial charge in [0.25, 0.3) is 0 Å². The average molecular weight is 513 g/mol. The Bertz CT molecular complexity index is 1000. The van der Waals surface area contributed by atoms with Crippen LogP contribution in [0.5, 0.6) is 0 Å². The van der Waals surface area contributed by atoms with Crippen LogP contribution >= 0.6 is 34.0 Å². The van der Waals surface area contributed by atoms with E-state index in [1.165, 1.54) is 86.8 Å². The number of hydrogen-bond acceptors (Lipinski definition) is 3. The van der Waals surface area contributed by atoms with Crippen molar-refractivity contribution in [3.8, 4) is 9.75 Å². The van der Waals surface area contributed by atoms with Crippen LogP contribution in [0.1, 0.15) is 122 Å².